The minimum atomic E-state index is -0.165. The van der Waals surface area contributed by atoms with Crippen LogP contribution in [0.5, 0.6) is 5.75 Å². The lowest BCUT2D eigenvalue weighted by Gasteiger charge is -2.06. The Morgan fingerprint density at radius 1 is 1.09 bits per heavy atom. The predicted octanol–water partition coefficient (Wildman–Crippen LogP) is 3.27. The van der Waals surface area contributed by atoms with Crippen LogP contribution in [0.4, 0.5) is 0 Å². The van der Waals surface area contributed by atoms with E-state index in [2.05, 4.69) is 20.5 Å². The Labute approximate surface area is 186 Å². The summed E-state index contributed by atoms with van der Waals surface area (Å²) in [5.74, 6) is 1.36. The summed E-state index contributed by atoms with van der Waals surface area (Å²) in [5.41, 5.74) is 5.19. The molecule has 32 heavy (non-hydrogen) atoms. The van der Waals surface area contributed by atoms with Crippen LogP contribution in [0.2, 0.25) is 0 Å². The SMILES string of the molecule is COc1cccc(-c2cc(C(=O)NCCc3c(C)nn(-c4ccccn4)c3C)n(C)n2)c1. The van der Waals surface area contributed by atoms with E-state index in [0.29, 0.717) is 18.7 Å². The van der Waals surface area contributed by atoms with E-state index < -0.39 is 0 Å². The highest BCUT2D eigenvalue weighted by Gasteiger charge is 2.16. The van der Waals surface area contributed by atoms with Crippen LogP contribution in [0, 0.1) is 13.8 Å². The van der Waals surface area contributed by atoms with Gasteiger partial charge in [-0.05, 0) is 56.2 Å². The molecule has 1 aromatic carbocycles. The summed E-state index contributed by atoms with van der Waals surface area (Å²) >= 11 is 0. The van der Waals surface area contributed by atoms with Gasteiger partial charge in [0.05, 0.1) is 18.5 Å². The number of nitrogens with one attached hydrogen (secondary N) is 1. The maximum Gasteiger partial charge on any atom is 0.269 e. The Morgan fingerprint density at radius 3 is 2.69 bits per heavy atom. The van der Waals surface area contributed by atoms with Crippen molar-refractivity contribution in [3.05, 3.63) is 77.4 Å². The Kier molecular flexibility index (Phi) is 6.02. The molecule has 0 radical (unpaired) electrons. The Hall–Kier alpha value is -3.94. The molecule has 0 bridgehead atoms. The minimum absolute atomic E-state index is 0.165. The van der Waals surface area contributed by atoms with Crippen LogP contribution >= 0.6 is 0 Å². The van der Waals surface area contributed by atoms with E-state index in [4.69, 9.17) is 4.74 Å². The molecule has 0 aliphatic carbocycles. The van der Waals surface area contributed by atoms with Gasteiger partial charge in [0.2, 0.25) is 0 Å². The fourth-order valence-electron chi connectivity index (χ4n) is 3.73. The first kappa shape index (κ1) is 21.3. The lowest BCUT2D eigenvalue weighted by molar-refractivity contribution is 0.0944. The maximum absolute atomic E-state index is 12.8. The molecule has 0 unspecified atom stereocenters. The number of carbonyl (C=O) groups excluding carboxylic acids is 1. The number of amides is 1. The second kappa shape index (κ2) is 9.05. The molecule has 0 spiro atoms. The Bertz CT molecular complexity index is 1240. The average molecular weight is 431 g/mol. The van der Waals surface area contributed by atoms with Gasteiger partial charge < -0.3 is 10.1 Å². The van der Waals surface area contributed by atoms with Crippen LogP contribution in [0.1, 0.15) is 27.4 Å². The lowest BCUT2D eigenvalue weighted by atomic mass is 10.1. The first-order chi connectivity index (χ1) is 15.5. The van der Waals surface area contributed by atoms with E-state index in [1.54, 1.807) is 31.1 Å². The average Bonchev–Trinajstić information content (AvgIpc) is 3.34. The van der Waals surface area contributed by atoms with Crippen molar-refractivity contribution in [1.82, 2.24) is 29.9 Å². The third-order valence-electron chi connectivity index (χ3n) is 5.45. The zero-order chi connectivity index (χ0) is 22.7. The molecule has 1 N–H and O–H groups in total. The van der Waals surface area contributed by atoms with Crippen molar-refractivity contribution in [2.45, 2.75) is 20.3 Å². The van der Waals surface area contributed by atoms with Gasteiger partial charge in [0, 0.05) is 31.0 Å². The van der Waals surface area contributed by atoms with Crippen molar-refractivity contribution in [2.75, 3.05) is 13.7 Å². The van der Waals surface area contributed by atoms with Gasteiger partial charge in [-0.1, -0.05) is 18.2 Å². The van der Waals surface area contributed by atoms with Crippen molar-refractivity contribution >= 4 is 5.91 Å². The monoisotopic (exact) mass is 430 g/mol. The highest BCUT2D eigenvalue weighted by molar-refractivity contribution is 5.93. The summed E-state index contributed by atoms with van der Waals surface area (Å²) < 4.78 is 8.72. The maximum atomic E-state index is 12.8. The standard InChI is InChI=1S/C24H26N6O2/c1-16-20(17(2)30(27-16)23-10-5-6-12-25-23)11-13-26-24(31)22-15-21(28-29(22)3)18-8-7-9-19(14-18)32-4/h5-10,12,14-15H,11,13H2,1-4H3,(H,26,31). The van der Waals surface area contributed by atoms with Gasteiger partial charge in [-0.25, -0.2) is 9.67 Å². The van der Waals surface area contributed by atoms with Crippen LogP contribution < -0.4 is 10.1 Å². The molecule has 4 rings (SSSR count). The molecule has 0 aliphatic rings. The number of rotatable bonds is 7. The van der Waals surface area contributed by atoms with Gasteiger partial charge in [-0.3, -0.25) is 9.48 Å². The summed E-state index contributed by atoms with van der Waals surface area (Å²) in [7, 11) is 3.39. The number of aromatic nitrogens is 5. The van der Waals surface area contributed by atoms with Crippen molar-refractivity contribution < 1.29 is 9.53 Å². The first-order valence-electron chi connectivity index (χ1n) is 10.4. The highest BCUT2D eigenvalue weighted by atomic mass is 16.5. The van der Waals surface area contributed by atoms with Crippen LogP contribution in [0.25, 0.3) is 17.1 Å². The molecule has 3 heterocycles. The third kappa shape index (κ3) is 4.25. The van der Waals surface area contributed by atoms with Gasteiger partial charge in [0.15, 0.2) is 5.82 Å². The van der Waals surface area contributed by atoms with E-state index >= 15 is 0 Å². The number of aryl methyl sites for hydroxylation is 2. The van der Waals surface area contributed by atoms with Crippen LogP contribution in [0.3, 0.4) is 0 Å². The number of methoxy groups -OCH3 is 1. The molecular weight excluding hydrogens is 404 g/mol. The largest absolute Gasteiger partial charge is 0.497 e. The van der Waals surface area contributed by atoms with Gasteiger partial charge in [0.25, 0.3) is 5.91 Å². The summed E-state index contributed by atoms with van der Waals surface area (Å²) in [6.07, 6.45) is 2.43. The lowest BCUT2D eigenvalue weighted by Crippen LogP contribution is -2.27. The van der Waals surface area contributed by atoms with Crippen molar-refractivity contribution in [1.29, 1.82) is 0 Å². The molecule has 164 valence electrons. The molecule has 8 nitrogen and oxygen atoms in total. The second-order valence-electron chi connectivity index (χ2n) is 7.53. The molecule has 0 saturated heterocycles. The molecule has 0 aliphatic heterocycles. The van der Waals surface area contributed by atoms with Crippen LogP contribution in [-0.4, -0.2) is 44.1 Å². The van der Waals surface area contributed by atoms with Crippen molar-refractivity contribution in [2.24, 2.45) is 7.05 Å². The number of ether oxygens (including phenoxy) is 1. The zero-order valence-electron chi connectivity index (χ0n) is 18.7. The van der Waals surface area contributed by atoms with Gasteiger partial charge in [0.1, 0.15) is 11.4 Å². The van der Waals surface area contributed by atoms with Gasteiger partial charge >= 0.3 is 0 Å². The topological polar surface area (TPSA) is 86.9 Å². The normalized spacial score (nSPS) is 10.9. The quantitative estimate of drug-likeness (QED) is 0.486. The number of hydrogen-bond acceptors (Lipinski definition) is 5. The Morgan fingerprint density at radius 2 is 1.94 bits per heavy atom. The number of nitrogens with zero attached hydrogens (tertiary/aromatic N) is 5. The first-order valence-corrected chi connectivity index (χ1v) is 10.4. The van der Waals surface area contributed by atoms with E-state index in [-0.39, 0.29) is 5.91 Å². The third-order valence-corrected chi connectivity index (χ3v) is 5.45. The van der Waals surface area contributed by atoms with Crippen molar-refractivity contribution in [3.63, 3.8) is 0 Å². The fourth-order valence-corrected chi connectivity index (χ4v) is 3.73. The van der Waals surface area contributed by atoms with E-state index in [0.717, 1.165) is 39.8 Å². The molecule has 4 aromatic rings. The predicted molar refractivity (Wildman–Crippen MR) is 122 cm³/mol. The fraction of sp³-hybridized carbons (Fsp3) is 0.250. The molecule has 0 saturated carbocycles. The minimum Gasteiger partial charge on any atom is -0.497 e. The van der Waals surface area contributed by atoms with Gasteiger partial charge in [-0.2, -0.15) is 10.2 Å². The van der Waals surface area contributed by atoms with E-state index in [1.807, 2.05) is 61.0 Å². The molecule has 8 heteroatoms. The smallest absolute Gasteiger partial charge is 0.269 e. The van der Waals surface area contributed by atoms with Crippen molar-refractivity contribution in [3.8, 4) is 22.8 Å². The summed E-state index contributed by atoms with van der Waals surface area (Å²) in [6, 6.07) is 15.1. The zero-order valence-corrected chi connectivity index (χ0v) is 18.7. The van der Waals surface area contributed by atoms with E-state index in [9.17, 15) is 4.79 Å². The number of pyridine rings is 1. The number of carbonyl (C=O) groups is 1. The highest BCUT2D eigenvalue weighted by Crippen LogP contribution is 2.23. The summed E-state index contributed by atoms with van der Waals surface area (Å²) in [6.45, 7) is 4.49. The second-order valence-corrected chi connectivity index (χ2v) is 7.53. The van der Waals surface area contributed by atoms with Crippen LogP contribution in [-0.2, 0) is 13.5 Å². The van der Waals surface area contributed by atoms with Crippen LogP contribution in [0.15, 0.2) is 54.7 Å². The molecule has 1 amide bonds. The Balaban J connectivity index is 1.44. The van der Waals surface area contributed by atoms with E-state index in [1.165, 1.54) is 0 Å². The number of hydrogen-bond donors (Lipinski definition) is 1. The molecule has 3 aromatic heterocycles. The molecule has 0 fully saturated rings. The summed E-state index contributed by atoms with van der Waals surface area (Å²) in [5, 5.41) is 12.1. The number of benzene rings is 1. The molecular formula is C24H26N6O2. The molecule has 0 atom stereocenters. The summed E-state index contributed by atoms with van der Waals surface area (Å²) in [4.78, 5) is 17.2. The van der Waals surface area contributed by atoms with Gasteiger partial charge in [-0.15, -0.1) is 0 Å².